The number of hydrogen-bond donors (Lipinski definition) is 0. The molecule has 0 saturated carbocycles. The summed E-state index contributed by atoms with van der Waals surface area (Å²) < 4.78 is 1.19. The molecular weight excluding hydrogens is 388 g/mol. The van der Waals surface area contributed by atoms with E-state index in [2.05, 4.69) is 30.0 Å². The quantitative estimate of drug-likeness (QED) is 0.479. The van der Waals surface area contributed by atoms with E-state index in [1.807, 2.05) is 0 Å². The molecular formula is C21H22N4O3S. The predicted molar refractivity (Wildman–Crippen MR) is 115 cm³/mol. The fourth-order valence-corrected chi connectivity index (χ4v) is 4.67. The van der Waals surface area contributed by atoms with Gasteiger partial charge in [0.05, 0.1) is 15.1 Å². The van der Waals surface area contributed by atoms with Crippen molar-refractivity contribution in [2.75, 3.05) is 31.1 Å². The first-order chi connectivity index (χ1) is 14.0. The Labute approximate surface area is 172 Å². The Morgan fingerprint density at radius 3 is 2.59 bits per heavy atom. The van der Waals surface area contributed by atoms with Gasteiger partial charge in [0.2, 0.25) is 0 Å². The molecule has 4 rings (SSSR count). The van der Waals surface area contributed by atoms with Crippen molar-refractivity contribution < 1.29 is 9.72 Å². The van der Waals surface area contributed by atoms with E-state index >= 15 is 0 Å². The molecule has 2 aromatic carbocycles. The van der Waals surface area contributed by atoms with Gasteiger partial charge in [-0.25, -0.2) is 4.98 Å². The van der Waals surface area contributed by atoms with Crippen LogP contribution in [0.25, 0.3) is 10.2 Å². The first kappa shape index (κ1) is 19.3. The van der Waals surface area contributed by atoms with Crippen molar-refractivity contribution in [1.82, 2.24) is 9.88 Å². The van der Waals surface area contributed by atoms with E-state index in [4.69, 9.17) is 4.98 Å². The summed E-state index contributed by atoms with van der Waals surface area (Å²) in [7, 11) is 0. The average molecular weight is 410 g/mol. The third-order valence-electron chi connectivity index (χ3n) is 5.33. The lowest BCUT2D eigenvalue weighted by Crippen LogP contribution is -2.48. The second-order valence-corrected chi connectivity index (χ2v) is 8.20. The van der Waals surface area contributed by atoms with Gasteiger partial charge in [-0.1, -0.05) is 24.3 Å². The number of nitrogens with zero attached hydrogens (tertiary/aromatic N) is 4. The number of carbonyl (C=O) groups is 1. The molecule has 2 heterocycles. The van der Waals surface area contributed by atoms with Crippen LogP contribution in [0.5, 0.6) is 0 Å². The van der Waals surface area contributed by atoms with Gasteiger partial charge in [-0.3, -0.25) is 14.9 Å². The van der Waals surface area contributed by atoms with Gasteiger partial charge in [-0.2, -0.15) is 0 Å². The van der Waals surface area contributed by atoms with Crippen LogP contribution in [-0.2, 0) is 6.42 Å². The van der Waals surface area contributed by atoms with Crippen LogP contribution in [0, 0.1) is 17.0 Å². The number of fused-ring (bicyclic) bond motifs is 1. The number of hydrogen-bond acceptors (Lipinski definition) is 6. The zero-order chi connectivity index (χ0) is 20.5. The van der Waals surface area contributed by atoms with Gasteiger partial charge in [-0.05, 0) is 43.2 Å². The van der Waals surface area contributed by atoms with E-state index in [0.717, 1.165) is 30.2 Å². The molecule has 0 spiro atoms. The van der Waals surface area contributed by atoms with Crippen LogP contribution in [0.1, 0.15) is 28.4 Å². The molecule has 1 saturated heterocycles. The van der Waals surface area contributed by atoms with Gasteiger partial charge in [-0.15, -0.1) is 0 Å². The maximum Gasteiger partial charge on any atom is 0.272 e. The first-order valence-electron chi connectivity index (χ1n) is 9.65. The van der Waals surface area contributed by atoms with Crippen LogP contribution in [0.4, 0.5) is 10.8 Å². The minimum Gasteiger partial charge on any atom is -0.345 e. The molecule has 29 heavy (non-hydrogen) atoms. The fraction of sp³-hybridized carbons (Fsp3) is 0.333. The molecule has 0 bridgehead atoms. The van der Waals surface area contributed by atoms with Crippen molar-refractivity contribution in [1.29, 1.82) is 0 Å². The second kappa shape index (κ2) is 7.79. The van der Waals surface area contributed by atoms with E-state index in [0.29, 0.717) is 24.2 Å². The molecule has 1 aliphatic rings. The third kappa shape index (κ3) is 3.80. The lowest BCUT2D eigenvalue weighted by Gasteiger charge is -2.34. The van der Waals surface area contributed by atoms with Crippen LogP contribution in [0.15, 0.2) is 36.4 Å². The first-order valence-corrected chi connectivity index (χ1v) is 10.5. The number of rotatable bonds is 4. The molecule has 1 aliphatic heterocycles. The van der Waals surface area contributed by atoms with Crippen LogP contribution in [-0.4, -0.2) is 46.9 Å². The summed E-state index contributed by atoms with van der Waals surface area (Å²) in [6.07, 6.45) is 1.01. The highest BCUT2D eigenvalue weighted by Gasteiger charge is 2.25. The van der Waals surface area contributed by atoms with Gasteiger partial charge >= 0.3 is 0 Å². The van der Waals surface area contributed by atoms with Crippen LogP contribution in [0.2, 0.25) is 0 Å². The van der Waals surface area contributed by atoms with E-state index in [-0.39, 0.29) is 11.6 Å². The number of amides is 1. The summed E-state index contributed by atoms with van der Waals surface area (Å²) in [5, 5.41) is 12.0. The highest BCUT2D eigenvalue weighted by molar-refractivity contribution is 7.22. The molecule has 0 atom stereocenters. The Morgan fingerprint density at radius 2 is 1.93 bits per heavy atom. The van der Waals surface area contributed by atoms with Crippen molar-refractivity contribution >= 4 is 38.3 Å². The monoisotopic (exact) mass is 410 g/mol. The summed E-state index contributed by atoms with van der Waals surface area (Å²) >= 11 is 1.69. The van der Waals surface area contributed by atoms with Crippen molar-refractivity contribution in [3.8, 4) is 0 Å². The molecule has 150 valence electrons. The number of nitro groups is 1. The SMILES string of the molecule is CCc1ccc2nc(N3CCN(C(=O)c4ccc([N+](=O)[O-])c(C)c4)CC3)sc2c1. The van der Waals surface area contributed by atoms with Crippen molar-refractivity contribution in [2.24, 2.45) is 0 Å². The number of thiazole rings is 1. The van der Waals surface area contributed by atoms with Gasteiger partial charge in [0.1, 0.15) is 0 Å². The Bertz CT molecular complexity index is 1090. The van der Waals surface area contributed by atoms with Crippen molar-refractivity contribution in [3.05, 3.63) is 63.2 Å². The standard InChI is InChI=1S/C21H22N4O3S/c1-3-15-4-6-17-19(13-15)29-21(22-17)24-10-8-23(9-11-24)20(26)16-5-7-18(25(27)28)14(2)12-16/h4-7,12-13H,3,8-11H2,1-2H3. The third-order valence-corrected chi connectivity index (χ3v) is 6.41. The van der Waals surface area contributed by atoms with Crippen molar-refractivity contribution in [2.45, 2.75) is 20.3 Å². The molecule has 1 aromatic heterocycles. The molecule has 0 radical (unpaired) electrons. The highest BCUT2D eigenvalue weighted by Crippen LogP contribution is 2.30. The Kier molecular flexibility index (Phi) is 5.19. The predicted octanol–water partition coefficient (Wildman–Crippen LogP) is 4.04. The van der Waals surface area contributed by atoms with Crippen molar-refractivity contribution in [3.63, 3.8) is 0 Å². The summed E-state index contributed by atoms with van der Waals surface area (Å²) in [6, 6.07) is 10.9. The average Bonchev–Trinajstić information content (AvgIpc) is 3.16. The zero-order valence-corrected chi connectivity index (χ0v) is 17.2. The Morgan fingerprint density at radius 1 is 1.17 bits per heavy atom. The maximum atomic E-state index is 12.8. The minimum absolute atomic E-state index is 0.0356. The highest BCUT2D eigenvalue weighted by atomic mass is 32.1. The number of carbonyl (C=O) groups excluding carboxylic acids is 1. The zero-order valence-electron chi connectivity index (χ0n) is 16.4. The lowest BCUT2D eigenvalue weighted by molar-refractivity contribution is -0.385. The molecule has 1 amide bonds. The van der Waals surface area contributed by atoms with E-state index < -0.39 is 4.92 Å². The number of nitro benzene ring substituents is 1. The number of piperazine rings is 1. The Hall–Kier alpha value is -3.00. The fourth-order valence-electron chi connectivity index (χ4n) is 3.59. The Balaban J connectivity index is 1.44. The van der Waals surface area contributed by atoms with E-state index in [1.54, 1.807) is 35.3 Å². The molecule has 3 aromatic rings. The molecule has 0 unspecified atom stereocenters. The smallest absolute Gasteiger partial charge is 0.272 e. The van der Waals surface area contributed by atoms with E-state index in [1.165, 1.54) is 16.3 Å². The van der Waals surface area contributed by atoms with Crippen LogP contribution < -0.4 is 4.90 Å². The molecule has 0 N–H and O–H groups in total. The molecule has 1 fully saturated rings. The molecule has 7 nitrogen and oxygen atoms in total. The van der Waals surface area contributed by atoms with E-state index in [9.17, 15) is 14.9 Å². The summed E-state index contributed by atoms with van der Waals surface area (Å²) in [5.74, 6) is -0.0838. The topological polar surface area (TPSA) is 79.6 Å². The summed E-state index contributed by atoms with van der Waals surface area (Å²) in [4.78, 5) is 32.1. The number of aromatic nitrogens is 1. The number of aryl methyl sites for hydroxylation is 2. The van der Waals surface area contributed by atoms with Gasteiger partial charge < -0.3 is 9.80 Å². The number of benzene rings is 2. The van der Waals surface area contributed by atoms with Crippen LogP contribution >= 0.6 is 11.3 Å². The van der Waals surface area contributed by atoms with Gasteiger partial charge in [0, 0.05) is 43.4 Å². The van der Waals surface area contributed by atoms with Gasteiger partial charge in [0.15, 0.2) is 5.13 Å². The van der Waals surface area contributed by atoms with Crippen LogP contribution in [0.3, 0.4) is 0 Å². The second-order valence-electron chi connectivity index (χ2n) is 7.19. The molecule has 0 aliphatic carbocycles. The lowest BCUT2D eigenvalue weighted by atomic mass is 10.1. The summed E-state index contributed by atoms with van der Waals surface area (Å²) in [6.45, 7) is 6.45. The summed E-state index contributed by atoms with van der Waals surface area (Å²) in [5.41, 5.74) is 3.35. The largest absolute Gasteiger partial charge is 0.345 e. The minimum atomic E-state index is -0.427. The molecule has 8 heteroatoms. The van der Waals surface area contributed by atoms with Gasteiger partial charge in [0.25, 0.3) is 11.6 Å². The number of anilines is 1. The normalized spacial score (nSPS) is 14.4. The maximum absolute atomic E-state index is 12.8.